The minimum Gasteiger partial charge on any atom is -0.311 e. The van der Waals surface area contributed by atoms with Crippen LogP contribution in [-0.2, 0) is 23.7 Å². The second kappa shape index (κ2) is 15.3. The second-order valence-electron chi connectivity index (χ2n) is 15.3. The van der Waals surface area contributed by atoms with Gasteiger partial charge in [-0.3, -0.25) is 0 Å². The summed E-state index contributed by atoms with van der Waals surface area (Å²) in [5, 5.41) is 0. The molecule has 5 aromatic rings. The zero-order chi connectivity index (χ0) is 34.3. The molecule has 0 heterocycles. The number of hydrogen-bond acceptors (Lipinski definition) is 2. The van der Waals surface area contributed by atoms with Crippen molar-refractivity contribution in [2.45, 2.75) is 105 Å². The van der Waals surface area contributed by atoms with Crippen LogP contribution in [0, 0.1) is 0 Å². The highest BCUT2D eigenvalue weighted by Gasteiger charge is 2.19. The molecule has 2 heteroatoms. The molecule has 0 aliphatic heterocycles. The summed E-state index contributed by atoms with van der Waals surface area (Å²) in [5.41, 5.74) is 12.6. The van der Waals surface area contributed by atoms with Crippen LogP contribution in [0.3, 0.4) is 0 Å². The lowest BCUT2D eigenvalue weighted by molar-refractivity contribution is 0.590. The number of hydrogen-bond donors (Lipinski definition) is 0. The molecular weight excluding hydrogens is 581 g/mol. The maximum absolute atomic E-state index is 2.38. The van der Waals surface area contributed by atoms with Crippen LogP contribution in [0.15, 0.2) is 121 Å². The fourth-order valence-corrected chi connectivity index (χ4v) is 6.25. The summed E-state index contributed by atoms with van der Waals surface area (Å²) in [5.74, 6) is 0. The molecule has 0 amide bonds. The van der Waals surface area contributed by atoms with Gasteiger partial charge in [-0.05, 0) is 132 Å². The molecule has 2 nitrogen and oxygen atoms in total. The van der Waals surface area contributed by atoms with Gasteiger partial charge in [0.15, 0.2) is 0 Å². The first kappa shape index (κ1) is 35.0. The van der Waals surface area contributed by atoms with E-state index in [2.05, 4.69) is 187 Å². The van der Waals surface area contributed by atoms with Gasteiger partial charge in [-0.25, -0.2) is 0 Å². The summed E-state index contributed by atoms with van der Waals surface area (Å²) in [7, 11) is 0. The summed E-state index contributed by atoms with van der Waals surface area (Å²) >= 11 is 0. The molecule has 48 heavy (non-hydrogen) atoms. The van der Waals surface area contributed by atoms with Crippen molar-refractivity contribution in [3.05, 3.63) is 144 Å². The Morgan fingerprint density at radius 3 is 0.812 bits per heavy atom. The number of nitrogens with zero attached hydrogens (tertiary/aromatic N) is 2. The summed E-state index contributed by atoms with van der Waals surface area (Å²) in [4.78, 5) is 4.76. The largest absolute Gasteiger partial charge is 0.311 e. The Bertz CT molecular complexity index is 1570. The molecule has 0 saturated heterocycles. The molecule has 0 fully saturated rings. The SMILES string of the molecule is CCCCc1ccc(N(c2ccc(N(c3ccc(CCCC)cc3)c3ccc(C(C)(C)C)cc3)cc2)c2ccc(C(C)(C)C)cc2)cc1. The van der Waals surface area contributed by atoms with Crippen LogP contribution >= 0.6 is 0 Å². The zero-order valence-electron chi connectivity index (χ0n) is 30.7. The van der Waals surface area contributed by atoms with Crippen molar-refractivity contribution < 1.29 is 0 Å². The topological polar surface area (TPSA) is 6.48 Å². The van der Waals surface area contributed by atoms with Gasteiger partial charge < -0.3 is 9.80 Å². The van der Waals surface area contributed by atoms with Crippen molar-refractivity contribution in [2.75, 3.05) is 9.80 Å². The van der Waals surface area contributed by atoms with Crippen LogP contribution in [0.2, 0.25) is 0 Å². The van der Waals surface area contributed by atoms with Crippen molar-refractivity contribution in [1.29, 1.82) is 0 Å². The summed E-state index contributed by atoms with van der Waals surface area (Å²) in [6.45, 7) is 18.1. The van der Waals surface area contributed by atoms with Crippen molar-refractivity contribution in [3.8, 4) is 0 Å². The Hall–Kier alpha value is -4.30. The third-order valence-corrected chi connectivity index (χ3v) is 9.38. The molecule has 250 valence electrons. The molecule has 0 aromatic heterocycles. The van der Waals surface area contributed by atoms with Gasteiger partial charge >= 0.3 is 0 Å². The van der Waals surface area contributed by atoms with Gasteiger partial charge in [-0.2, -0.15) is 0 Å². The molecular formula is C46H56N2. The fourth-order valence-electron chi connectivity index (χ4n) is 6.25. The Morgan fingerprint density at radius 2 is 0.583 bits per heavy atom. The third kappa shape index (κ3) is 8.58. The highest BCUT2D eigenvalue weighted by atomic mass is 15.2. The Labute approximate surface area is 291 Å². The van der Waals surface area contributed by atoms with Gasteiger partial charge in [0.25, 0.3) is 0 Å². The van der Waals surface area contributed by atoms with Crippen molar-refractivity contribution in [2.24, 2.45) is 0 Å². The van der Waals surface area contributed by atoms with Gasteiger partial charge in [0.05, 0.1) is 0 Å². The average molecular weight is 637 g/mol. The van der Waals surface area contributed by atoms with E-state index in [0.717, 1.165) is 35.6 Å². The van der Waals surface area contributed by atoms with E-state index >= 15 is 0 Å². The standard InChI is InChI=1S/C46H56N2/c1-9-11-13-35-15-23-39(24-16-35)47(41-27-19-37(20-28-41)45(3,4)5)43-31-33-44(34-32-43)48(40-25-17-36(18-26-40)14-12-10-2)42-29-21-38(22-30-42)46(6,7)8/h15-34H,9-14H2,1-8H3. The molecule has 0 bridgehead atoms. The molecule has 0 N–H and O–H groups in total. The first-order valence-corrected chi connectivity index (χ1v) is 18.1. The quantitative estimate of drug-likeness (QED) is 0.134. The Morgan fingerprint density at radius 1 is 0.354 bits per heavy atom. The Balaban J connectivity index is 1.54. The second-order valence-corrected chi connectivity index (χ2v) is 15.3. The molecule has 0 spiro atoms. The van der Waals surface area contributed by atoms with Crippen LogP contribution in [-0.4, -0.2) is 0 Å². The van der Waals surface area contributed by atoms with Gasteiger partial charge in [0, 0.05) is 34.1 Å². The van der Waals surface area contributed by atoms with Crippen molar-refractivity contribution in [1.82, 2.24) is 0 Å². The first-order valence-electron chi connectivity index (χ1n) is 18.1. The molecule has 0 saturated carbocycles. The van der Waals surface area contributed by atoms with Crippen LogP contribution < -0.4 is 9.80 Å². The van der Waals surface area contributed by atoms with E-state index in [9.17, 15) is 0 Å². The van der Waals surface area contributed by atoms with E-state index in [1.54, 1.807) is 0 Å². The zero-order valence-corrected chi connectivity index (χ0v) is 30.7. The van der Waals surface area contributed by atoms with Crippen LogP contribution in [0.5, 0.6) is 0 Å². The lowest BCUT2D eigenvalue weighted by atomic mass is 9.87. The highest BCUT2D eigenvalue weighted by Crippen LogP contribution is 2.40. The normalized spacial score (nSPS) is 11.8. The van der Waals surface area contributed by atoms with Crippen LogP contribution in [0.4, 0.5) is 34.1 Å². The van der Waals surface area contributed by atoms with E-state index in [-0.39, 0.29) is 10.8 Å². The number of anilines is 6. The minimum absolute atomic E-state index is 0.106. The van der Waals surface area contributed by atoms with E-state index in [4.69, 9.17) is 0 Å². The lowest BCUT2D eigenvalue weighted by Crippen LogP contribution is -2.14. The van der Waals surface area contributed by atoms with Crippen molar-refractivity contribution in [3.63, 3.8) is 0 Å². The lowest BCUT2D eigenvalue weighted by Gasteiger charge is -2.29. The van der Waals surface area contributed by atoms with E-state index < -0.39 is 0 Å². The van der Waals surface area contributed by atoms with Gasteiger partial charge in [-0.15, -0.1) is 0 Å². The van der Waals surface area contributed by atoms with E-state index in [1.165, 1.54) is 59.3 Å². The third-order valence-electron chi connectivity index (χ3n) is 9.38. The number of unbranched alkanes of at least 4 members (excludes halogenated alkanes) is 2. The van der Waals surface area contributed by atoms with Gasteiger partial charge in [-0.1, -0.05) is 117 Å². The number of rotatable bonds is 12. The first-order chi connectivity index (χ1) is 23.0. The molecule has 0 atom stereocenters. The van der Waals surface area contributed by atoms with E-state index in [1.807, 2.05) is 0 Å². The van der Waals surface area contributed by atoms with Gasteiger partial charge in [0.1, 0.15) is 0 Å². The molecule has 5 aromatic carbocycles. The number of benzene rings is 5. The summed E-state index contributed by atoms with van der Waals surface area (Å²) in [6, 6.07) is 45.5. The highest BCUT2D eigenvalue weighted by molar-refractivity contribution is 5.81. The predicted molar refractivity (Wildman–Crippen MR) is 210 cm³/mol. The molecule has 5 rings (SSSR count). The van der Waals surface area contributed by atoms with Crippen LogP contribution in [0.1, 0.15) is 103 Å². The summed E-state index contributed by atoms with van der Waals surface area (Å²) < 4.78 is 0. The molecule has 0 unspecified atom stereocenters. The van der Waals surface area contributed by atoms with Crippen molar-refractivity contribution >= 4 is 34.1 Å². The monoisotopic (exact) mass is 636 g/mol. The minimum atomic E-state index is 0.106. The van der Waals surface area contributed by atoms with E-state index in [0.29, 0.717) is 0 Å². The fraction of sp³-hybridized carbons (Fsp3) is 0.348. The summed E-state index contributed by atoms with van der Waals surface area (Å²) in [6.07, 6.45) is 7.10. The average Bonchev–Trinajstić information content (AvgIpc) is 3.08. The molecule has 0 radical (unpaired) electrons. The molecule has 0 aliphatic rings. The predicted octanol–water partition coefficient (Wildman–Crippen LogP) is 13.9. The van der Waals surface area contributed by atoms with Gasteiger partial charge in [0.2, 0.25) is 0 Å². The maximum atomic E-state index is 2.38. The smallest absolute Gasteiger partial charge is 0.0463 e. The van der Waals surface area contributed by atoms with Crippen LogP contribution in [0.25, 0.3) is 0 Å². The maximum Gasteiger partial charge on any atom is 0.0463 e. The Kier molecular flexibility index (Phi) is 11.2. The molecule has 0 aliphatic carbocycles. The number of aryl methyl sites for hydroxylation is 2.